The summed E-state index contributed by atoms with van der Waals surface area (Å²) in [6, 6.07) is 6.96. The van der Waals surface area contributed by atoms with Gasteiger partial charge in [-0.25, -0.2) is 0 Å². The van der Waals surface area contributed by atoms with Crippen LogP contribution in [0.4, 0.5) is 5.69 Å². The predicted octanol–water partition coefficient (Wildman–Crippen LogP) is -0.808. The summed E-state index contributed by atoms with van der Waals surface area (Å²) in [6.07, 6.45) is 0. The molecule has 6 heteroatoms. The molecule has 2 amide bonds. The normalized spacial score (nSPS) is 9.76. The molecule has 0 saturated carbocycles. The van der Waals surface area contributed by atoms with Gasteiger partial charge in [-0.15, -0.1) is 0 Å². The Morgan fingerprint density at radius 1 is 1.18 bits per heavy atom. The molecule has 1 rings (SSSR count). The first-order valence-electron chi connectivity index (χ1n) is 5.12. The van der Waals surface area contributed by atoms with Crippen LogP contribution in [0.25, 0.3) is 0 Å². The van der Waals surface area contributed by atoms with Gasteiger partial charge in [0.25, 0.3) is 0 Å². The SMILES string of the molecule is NCC(=O)NC(=O)CNc1ccc(CO)cc1. The number of imide groups is 1. The summed E-state index contributed by atoms with van der Waals surface area (Å²) in [5, 5.41) is 13.8. The van der Waals surface area contributed by atoms with E-state index in [0.29, 0.717) is 0 Å². The number of anilines is 1. The molecule has 0 spiro atoms. The van der Waals surface area contributed by atoms with Crippen molar-refractivity contribution >= 4 is 17.5 Å². The van der Waals surface area contributed by atoms with Crippen LogP contribution in [0.1, 0.15) is 5.56 Å². The van der Waals surface area contributed by atoms with Crippen LogP contribution >= 0.6 is 0 Å². The summed E-state index contributed by atoms with van der Waals surface area (Å²) in [5.41, 5.74) is 6.58. The number of aliphatic hydroxyl groups excluding tert-OH is 1. The minimum Gasteiger partial charge on any atom is -0.392 e. The van der Waals surface area contributed by atoms with Gasteiger partial charge in [-0.2, -0.15) is 0 Å². The lowest BCUT2D eigenvalue weighted by Crippen LogP contribution is -2.38. The zero-order valence-electron chi connectivity index (χ0n) is 9.27. The molecule has 0 aliphatic heterocycles. The van der Waals surface area contributed by atoms with Crippen LogP contribution in [0.15, 0.2) is 24.3 Å². The number of nitrogens with two attached hydrogens (primary N) is 1. The Morgan fingerprint density at radius 2 is 1.82 bits per heavy atom. The minimum absolute atomic E-state index is 0.00971. The summed E-state index contributed by atoms with van der Waals surface area (Å²) >= 11 is 0. The first-order valence-corrected chi connectivity index (χ1v) is 5.12. The molecule has 6 nitrogen and oxygen atoms in total. The Bertz CT molecular complexity index is 389. The molecular weight excluding hydrogens is 222 g/mol. The number of amides is 2. The zero-order chi connectivity index (χ0) is 12.7. The maximum absolute atomic E-state index is 11.2. The van der Waals surface area contributed by atoms with E-state index in [4.69, 9.17) is 10.8 Å². The Morgan fingerprint density at radius 3 is 2.35 bits per heavy atom. The molecule has 0 bridgehead atoms. The summed E-state index contributed by atoms with van der Waals surface area (Å²) in [7, 11) is 0. The highest BCUT2D eigenvalue weighted by molar-refractivity contribution is 5.97. The third kappa shape index (κ3) is 4.62. The van der Waals surface area contributed by atoms with Gasteiger partial charge in [0.2, 0.25) is 11.8 Å². The van der Waals surface area contributed by atoms with Gasteiger partial charge in [0.15, 0.2) is 0 Å². The van der Waals surface area contributed by atoms with Gasteiger partial charge in [-0.3, -0.25) is 14.9 Å². The van der Waals surface area contributed by atoms with E-state index in [1.807, 2.05) is 0 Å². The zero-order valence-corrected chi connectivity index (χ0v) is 9.27. The van der Waals surface area contributed by atoms with E-state index in [-0.39, 0.29) is 19.7 Å². The van der Waals surface area contributed by atoms with Gasteiger partial charge in [-0.1, -0.05) is 12.1 Å². The van der Waals surface area contributed by atoms with Crippen molar-refractivity contribution in [2.75, 3.05) is 18.4 Å². The molecule has 0 saturated heterocycles. The molecule has 0 fully saturated rings. The van der Waals surface area contributed by atoms with Crippen LogP contribution in [-0.2, 0) is 16.2 Å². The van der Waals surface area contributed by atoms with E-state index in [1.165, 1.54) is 0 Å². The Balaban J connectivity index is 2.39. The van der Waals surface area contributed by atoms with Gasteiger partial charge in [0.1, 0.15) is 0 Å². The number of aliphatic hydroxyl groups is 1. The molecular formula is C11H15N3O3. The highest BCUT2D eigenvalue weighted by Crippen LogP contribution is 2.08. The van der Waals surface area contributed by atoms with Crippen LogP contribution in [0.3, 0.4) is 0 Å². The van der Waals surface area contributed by atoms with Gasteiger partial charge in [0.05, 0.1) is 19.7 Å². The fourth-order valence-electron chi connectivity index (χ4n) is 1.16. The van der Waals surface area contributed by atoms with Gasteiger partial charge in [0, 0.05) is 5.69 Å². The molecule has 0 aliphatic rings. The molecule has 17 heavy (non-hydrogen) atoms. The van der Waals surface area contributed by atoms with Crippen molar-refractivity contribution in [3.8, 4) is 0 Å². The maximum Gasteiger partial charge on any atom is 0.245 e. The van der Waals surface area contributed by atoms with E-state index >= 15 is 0 Å². The highest BCUT2D eigenvalue weighted by Gasteiger charge is 2.05. The number of rotatable bonds is 5. The van der Waals surface area contributed by atoms with Crippen molar-refractivity contribution in [1.82, 2.24) is 5.32 Å². The van der Waals surface area contributed by atoms with E-state index in [0.717, 1.165) is 11.3 Å². The second kappa shape index (κ2) is 6.62. The molecule has 0 aromatic heterocycles. The quantitative estimate of drug-likeness (QED) is 0.536. The van der Waals surface area contributed by atoms with Gasteiger partial charge in [-0.05, 0) is 17.7 Å². The number of carbonyl (C=O) groups is 2. The highest BCUT2D eigenvalue weighted by atomic mass is 16.3. The fraction of sp³-hybridized carbons (Fsp3) is 0.273. The molecule has 92 valence electrons. The lowest BCUT2D eigenvalue weighted by molar-refractivity contribution is -0.128. The first-order chi connectivity index (χ1) is 8.15. The molecule has 1 aromatic carbocycles. The second-order valence-electron chi connectivity index (χ2n) is 3.38. The van der Waals surface area contributed by atoms with Crippen molar-refractivity contribution < 1.29 is 14.7 Å². The van der Waals surface area contributed by atoms with Crippen molar-refractivity contribution in [1.29, 1.82) is 0 Å². The minimum atomic E-state index is -0.507. The topological polar surface area (TPSA) is 104 Å². The number of nitrogens with one attached hydrogen (secondary N) is 2. The largest absolute Gasteiger partial charge is 0.392 e. The number of hydrogen-bond acceptors (Lipinski definition) is 5. The summed E-state index contributed by atoms with van der Waals surface area (Å²) in [5.74, 6) is -0.945. The van der Waals surface area contributed by atoms with Crippen LogP contribution in [0.5, 0.6) is 0 Å². The van der Waals surface area contributed by atoms with Crippen molar-refractivity contribution in [3.05, 3.63) is 29.8 Å². The smallest absolute Gasteiger partial charge is 0.245 e. The molecule has 0 unspecified atom stereocenters. The van der Waals surface area contributed by atoms with Crippen molar-refractivity contribution in [2.45, 2.75) is 6.61 Å². The molecule has 0 aliphatic carbocycles. The van der Waals surface area contributed by atoms with Crippen molar-refractivity contribution in [3.63, 3.8) is 0 Å². The lowest BCUT2D eigenvalue weighted by atomic mass is 10.2. The van der Waals surface area contributed by atoms with E-state index in [2.05, 4.69) is 10.6 Å². The molecule has 0 radical (unpaired) electrons. The standard InChI is InChI=1S/C11H15N3O3/c12-5-10(16)14-11(17)6-13-9-3-1-8(7-15)2-4-9/h1-4,13,15H,5-7,12H2,(H,14,16,17). The molecule has 0 atom stereocenters. The molecule has 1 aromatic rings. The van der Waals surface area contributed by atoms with Crippen LogP contribution in [0.2, 0.25) is 0 Å². The number of benzene rings is 1. The summed E-state index contributed by atoms with van der Waals surface area (Å²) in [6.45, 7) is -0.243. The Hall–Kier alpha value is -1.92. The average Bonchev–Trinajstić information content (AvgIpc) is 2.36. The van der Waals surface area contributed by atoms with Crippen LogP contribution < -0.4 is 16.4 Å². The van der Waals surface area contributed by atoms with Crippen molar-refractivity contribution in [2.24, 2.45) is 5.73 Å². The fourth-order valence-corrected chi connectivity index (χ4v) is 1.16. The number of carbonyl (C=O) groups excluding carboxylic acids is 2. The summed E-state index contributed by atoms with van der Waals surface area (Å²) in [4.78, 5) is 22.0. The van der Waals surface area contributed by atoms with Gasteiger partial charge < -0.3 is 16.2 Å². The average molecular weight is 237 g/mol. The summed E-state index contributed by atoms with van der Waals surface area (Å²) < 4.78 is 0. The lowest BCUT2D eigenvalue weighted by Gasteiger charge is -2.06. The second-order valence-corrected chi connectivity index (χ2v) is 3.38. The van der Waals surface area contributed by atoms with Gasteiger partial charge >= 0.3 is 0 Å². The third-order valence-corrected chi connectivity index (χ3v) is 2.05. The number of hydrogen-bond donors (Lipinski definition) is 4. The van der Waals surface area contributed by atoms with E-state index < -0.39 is 11.8 Å². The Labute approximate surface area is 98.8 Å². The monoisotopic (exact) mass is 237 g/mol. The van der Waals surface area contributed by atoms with Crippen LogP contribution in [0, 0.1) is 0 Å². The predicted molar refractivity (Wildman–Crippen MR) is 63.1 cm³/mol. The van der Waals surface area contributed by atoms with E-state index in [1.54, 1.807) is 24.3 Å². The van der Waals surface area contributed by atoms with Crippen LogP contribution in [-0.4, -0.2) is 30.0 Å². The first kappa shape index (κ1) is 13.1. The molecule has 0 heterocycles. The maximum atomic E-state index is 11.2. The Kier molecular flexibility index (Phi) is 5.12. The third-order valence-electron chi connectivity index (χ3n) is 2.05. The van der Waals surface area contributed by atoms with E-state index in [9.17, 15) is 9.59 Å². The molecule has 5 N–H and O–H groups in total.